The van der Waals surface area contributed by atoms with Gasteiger partial charge in [-0.3, -0.25) is 4.79 Å². The van der Waals surface area contributed by atoms with Crippen LogP contribution in [-0.4, -0.2) is 31.7 Å². The second-order valence-corrected chi connectivity index (χ2v) is 3.07. The predicted octanol–water partition coefficient (Wildman–Crippen LogP) is -0.370. The summed E-state index contributed by atoms with van der Waals surface area (Å²) < 4.78 is 5.40. The zero-order valence-corrected chi connectivity index (χ0v) is 7.21. The first kappa shape index (κ1) is 9.48. The summed E-state index contributed by atoms with van der Waals surface area (Å²) >= 11 is 0. The van der Waals surface area contributed by atoms with Gasteiger partial charge in [0.25, 0.3) is 0 Å². The van der Waals surface area contributed by atoms with Gasteiger partial charge in [-0.05, 0) is 25.8 Å². The van der Waals surface area contributed by atoms with Crippen LogP contribution in [0.25, 0.3) is 0 Å². The summed E-state index contributed by atoms with van der Waals surface area (Å²) in [5, 5.41) is 2.96. The lowest BCUT2D eigenvalue weighted by atomic mass is 10.2. The number of primary amides is 1. The Kier molecular flexibility index (Phi) is 4.04. The Balaban J connectivity index is 1.91. The average Bonchev–Trinajstić information content (AvgIpc) is 2.49. The van der Waals surface area contributed by atoms with Gasteiger partial charge in [-0.15, -0.1) is 0 Å². The minimum atomic E-state index is -0.303. The first-order valence-corrected chi connectivity index (χ1v) is 4.39. The summed E-state index contributed by atoms with van der Waals surface area (Å²) in [6.45, 7) is 1.97. The number of ether oxygens (including phenoxy) is 1. The molecule has 4 heteroatoms. The first-order valence-electron chi connectivity index (χ1n) is 4.39. The van der Waals surface area contributed by atoms with Gasteiger partial charge >= 0.3 is 0 Å². The molecule has 1 amide bonds. The predicted molar refractivity (Wildman–Crippen MR) is 45.7 cm³/mol. The highest BCUT2D eigenvalue weighted by atomic mass is 16.5. The molecule has 0 aromatic heterocycles. The number of carbonyl (C=O) groups is 1. The van der Waals surface area contributed by atoms with Gasteiger partial charge in [0.1, 0.15) is 0 Å². The van der Waals surface area contributed by atoms with Crippen molar-refractivity contribution in [2.75, 3.05) is 19.7 Å². The van der Waals surface area contributed by atoms with Gasteiger partial charge in [0, 0.05) is 6.61 Å². The summed E-state index contributed by atoms with van der Waals surface area (Å²) in [7, 11) is 0. The van der Waals surface area contributed by atoms with Gasteiger partial charge in [-0.2, -0.15) is 0 Å². The Labute approximate surface area is 72.5 Å². The number of rotatable bonds is 5. The number of hydrogen-bond acceptors (Lipinski definition) is 3. The van der Waals surface area contributed by atoms with Crippen LogP contribution in [0.3, 0.4) is 0 Å². The molecule has 1 atom stereocenters. The average molecular weight is 172 g/mol. The smallest absolute Gasteiger partial charge is 0.231 e. The van der Waals surface area contributed by atoms with Gasteiger partial charge in [-0.1, -0.05) is 0 Å². The van der Waals surface area contributed by atoms with E-state index in [1.54, 1.807) is 0 Å². The van der Waals surface area contributed by atoms with Crippen molar-refractivity contribution in [3.8, 4) is 0 Å². The Hall–Kier alpha value is -0.610. The summed E-state index contributed by atoms with van der Waals surface area (Å²) in [5.41, 5.74) is 4.95. The molecule has 0 bridgehead atoms. The van der Waals surface area contributed by atoms with Gasteiger partial charge < -0.3 is 15.8 Å². The zero-order chi connectivity index (χ0) is 8.81. The monoisotopic (exact) mass is 172 g/mol. The lowest BCUT2D eigenvalue weighted by molar-refractivity contribution is -0.117. The van der Waals surface area contributed by atoms with Crippen LogP contribution in [0.4, 0.5) is 0 Å². The normalized spacial score (nSPS) is 22.8. The fourth-order valence-electron chi connectivity index (χ4n) is 1.35. The number of hydrogen-bond donors (Lipinski definition) is 2. The maximum atomic E-state index is 10.3. The summed E-state index contributed by atoms with van der Waals surface area (Å²) in [6, 6.07) is 0. The Morgan fingerprint density at radius 1 is 1.67 bits per heavy atom. The lowest BCUT2D eigenvalue weighted by Gasteiger charge is -2.08. The highest BCUT2D eigenvalue weighted by molar-refractivity contribution is 5.75. The van der Waals surface area contributed by atoms with E-state index in [9.17, 15) is 4.79 Å². The van der Waals surface area contributed by atoms with E-state index in [-0.39, 0.29) is 12.5 Å². The molecule has 1 saturated heterocycles. The van der Waals surface area contributed by atoms with Crippen molar-refractivity contribution in [2.45, 2.75) is 25.4 Å². The molecule has 0 radical (unpaired) electrons. The van der Waals surface area contributed by atoms with Crippen LogP contribution in [0.2, 0.25) is 0 Å². The second kappa shape index (κ2) is 5.11. The van der Waals surface area contributed by atoms with E-state index in [1.165, 1.54) is 6.42 Å². The molecule has 1 aliphatic rings. The van der Waals surface area contributed by atoms with Crippen molar-refractivity contribution in [1.29, 1.82) is 0 Å². The molecule has 1 fully saturated rings. The van der Waals surface area contributed by atoms with Crippen molar-refractivity contribution >= 4 is 5.91 Å². The van der Waals surface area contributed by atoms with E-state index in [2.05, 4.69) is 5.32 Å². The molecule has 1 heterocycles. The number of amides is 1. The molecule has 1 unspecified atom stereocenters. The summed E-state index contributed by atoms with van der Waals surface area (Å²) in [5.74, 6) is -0.303. The molecular weight excluding hydrogens is 156 g/mol. The quantitative estimate of drug-likeness (QED) is 0.556. The molecule has 3 N–H and O–H groups in total. The summed E-state index contributed by atoms with van der Waals surface area (Å²) in [6.07, 6.45) is 3.69. The van der Waals surface area contributed by atoms with Crippen molar-refractivity contribution in [3.63, 3.8) is 0 Å². The van der Waals surface area contributed by atoms with Crippen molar-refractivity contribution in [2.24, 2.45) is 5.73 Å². The van der Waals surface area contributed by atoms with Gasteiger partial charge in [-0.25, -0.2) is 0 Å². The molecule has 0 aliphatic carbocycles. The molecule has 0 spiro atoms. The van der Waals surface area contributed by atoms with Crippen LogP contribution in [0.1, 0.15) is 19.3 Å². The Morgan fingerprint density at radius 3 is 3.08 bits per heavy atom. The topological polar surface area (TPSA) is 64.4 Å². The highest BCUT2D eigenvalue weighted by Crippen LogP contribution is 2.14. The largest absolute Gasteiger partial charge is 0.378 e. The molecule has 4 nitrogen and oxygen atoms in total. The third kappa shape index (κ3) is 3.69. The van der Waals surface area contributed by atoms with Crippen molar-refractivity contribution in [1.82, 2.24) is 5.32 Å². The molecule has 0 aromatic carbocycles. The molecule has 0 aromatic rings. The second-order valence-electron chi connectivity index (χ2n) is 3.07. The zero-order valence-electron chi connectivity index (χ0n) is 7.21. The molecule has 0 saturated carbocycles. The molecule has 12 heavy (non-hydrogen) atoms. The van der Waals surface area contributed by atoms with Gasteiger partial charge in [0.2, 0.25) is 5.91 Å². The van der Waals surface area contributed by atoms with E-state index in [1.807, 2.05) is 0 Å². The molecule has 70 valence electrons. The van der Waals surface area contributed by atoms with E-state index < -0.39 is 0 Å². The number of nitrogens with one attached hydrogen (secondary N) is 1. The maximum absolute atomic E-state index is 10.3. The van der Waals surface area contributed by atoms with Gasteiger partial charge in [0.05, 0.1) is 12.6 Å². The van der Waals surface area contributed by atoms with Crippen LogP contribution in [-0.2, 0) is 9.53 Å². The Bertz CT molecular complexity index is 144. The van der Waals surface area contributed by atoms with Crippen molar-refractivity contribution in [3.05, 3.63) is 0 Å². The summed E-state index contributed by atoms with van der Waals surface area (Å²) in [4.78, 5) is 10.3. The van der Waals surface area contributed by atoms with E-state index >= 15 is 0 Å². The molecule has 1 aliphatic heterocycles. The van der Waals surface area contributed by atoms with Gasteiger partial charge in [0.15, 0.2) is 0 Å². The third-order valence-electron chi connectivity index (χ3n) is 1.97. The van der Waals surface area contributed by atoms with E-state index in [0.717, 1.165) is 26.0 Å². The lowest BCUT2D eigenvalue weighted by Crippen LogP contribution is -2.30. The fraction of sp³-hybridized carbons (Fsp3) is 0.875. The van der Waals surface area contributed by atoms with Crippen LogP contribution < -0.4 is 11.1 Å². The maximum Gasteiger partial charge on any atom is 0.231 e. The van der Waals surface area contributed by atoms with Crippen LogP contribution in [0, 0.1) is 0 Å². The van der Waals surface area contributed by atoms with Crippen LogP contribution in [0.15, 0.2) is 0 Å². The van der Waals surface area contributed by atoms with Crippen LogP contribution >= 0.6 is 0 Å². The molecule has 1 rings (SSSR count). The minimum Gasteiger partial charge on any atom is -0.378 e. The number of carbonyl (C=O) groups excluding carboxylic acids is 1. The van der Waals surface area contributed by atoms with Crippen LogP contribution in [0.5, 0.6) is 0 Å². The highest BCUT2D eigenvalue weighted by Gasteiger charge is 2.14. The SMILES string of the molecule is NC(=O)CNCCC1CCCO1. The minimum absolute atomic E-state index is 0.271. The number of nitrogens with two attached hydrogens (primary N) is 1. The third-order valence-corrected chi connectivity index (χ3v) is 1.97. The molecular formula is C8H16N2O2. The fourth-order valence-corrected chi connectivity index (χ4v) is 1.35. The van der Waals surface area contributed by atoms with Crippen molar-refractivity contribution < 1.29 is 9.53 Å². The standard InChI is InChI=1S/C8H16N2O2/c9-8(11)6-10-4-3-7-2-1-5-12-7/h7,10H,1-6H2,(H2,9,11). The Morgan fingerprint density at radius 2 is 2.50 bits per heavy atom. The van der Waals surface area contributed by atoms with E-state index in [0.29, 0.717) is 6.10 Å². The van der Waals surface area contributed by atoms with E-state index in [4.69, 9.17) is 10.5 Å². The first-order chi connectivity index (χ1) is 5.79.